The van der Waals surface area contributed by atoms with Gasteiger partial charge in [-0.2, -0.15) is 13.2 Å². The molecule has 28 heavy (non-hydrogen) atoms. The fourth-order valence-corrected chi connectivity index (χ4v) is 3.17. The van der Waals surface area contributed by atoms with Crippen LogP contribution in [-0.4, -0.2) is 19.9 Å². The zero-order valence-electron chi connectivity index (χ0n) is 14.5. The molecule has 4 aromatic rings. The second-order valence-corrected chi connectivity index (χ2v) is 6.86. The second-order valence-electron chi connectivity index (χ2n) is 6.48. The number of aromatic amines is 1. The maximum Gasteiger partial charge on any atom is 0.417 e. The summed E-state index contributed by atoms with van der Waals surface area (Å²) in [7, 11) is 0. The highest BCUT2D eigenvalue weighted by atomic mass is 35.5. The first kappa shape index (κ1) is 18.4. The van der Waals surface area contributed by atoms with Crippen molar-refractivity contribution in [3.05, 3.63) is 88.2 Å². The van der Waals surface area contributed by atoms with E-state index in [2.05, 4.69) is 19.9 Å². The summed E-state index contributed by atoms with van der Waals surface area (Å²) in [5.41, 5.74) is 3.28. The Morgan fingerprint density at radius 2 is 1.68 bits per heavy atom. The van der Waals surface area contributed by atoms with Crippen molar-refractivity contribution in [2.24, 2.45) is 0 Å². The van der Waals surface area contributed by atoms with Crippen molar-refractivity contribution in [2.45, 2.75) is 19.0 Å². The number of halogens is 4. The van der Waals surface area contributed by atoms with Crippen molar-refractivity contribution in [1.82, 2.24) is 19.9 Å². The lowest BCUT2D eigenvalue weighted by molar-refractivity contribution is -0.137. The Bertz CT molecular complexity index is 1120. The molecule has 4 rings (SSSR count). The van der Waals surface area contributed by atoms with E-state index in [-0.39, 0.29) is 0 Å². The average Bonchev–Trinajstić information content (AvgIpc) is 3.05. The third kappa shape index (κ3) is 3.99. The zero-order valence-corrected chi connectivity index (χ0v) is 15.2. The lowest BCUT2D eigenvalue weighted by Crippen LogP contribution is -2.05. The van der Waals surface area contributed by atoms with Gasteiger partial charge < -0.3 is 4.98 Å². The molecule has 0 unspecified atom stereocenters. The Morgan fingerprint density at radius 1 is 0.893 bits per heavy atom. The predicted octanol–water partition coefficient (Wildman–Crippen LogP) is 5.21. The van der Waals surface area contributed by atoms with E-state index in [9.17, 15) is 13.2 Å². The number of aromatic nitrogens is 4. The maximum atomic E-state index is 13.0. The minimum Gasteiger partial charge on any atom is -0.346 e. The minimum atomic E-state index is -4.43. The van der Waals surface area contributed by atoms with Crippen LogP contribution in [0.25, 0.3) is 11.0 Å². The SMILES string of the molecule is FC(F)(F)c1cnc2[nH]cc(Cc3cncc(Cc4ccc(Cl)nc4)c3)c2c1. The fraction of sp³-hybridized carbons (Fsp3) is 0.150. The molecule has 0 spiro atoms. The van der Waals surface area contributed by atoms with E-state index < -0.39 is 11.7 Å². The summed E-state index contributed by atoms with van der Waals surface area (Å²) in [6.45, 7) is 0. The van der Waals surface area contributed by atoms with E-state index in [1.807, 2.05) is 12.1 Å². The Hall–Kier alpha value is -2.93. The zero-order chi connectivity index (χ0) is 19.7. The second kappa shape index (κ2) is 7.24. The summed E-state index contributed by atoms with van der Waals surface area (Å²) < 4.78 is 39.0. The van der Waals surface area contributed by atoms with Crippen LogP contribution < -0.4 is 0 Å². The molecule has 8 heteroatoms. The van der Waals surface area contributed by atoms with Gasteiger partial charge in [0.1, 0.15) is 10.8 Å². The minimum absolute atomic E-state index is 0.430. The number of nitrogens with one attached hydrogen (secondary N) is 1. The van der Waals surface area contributed by atoms with Crippen LogP contribution in [0.15, 0.2) is 55.2 Å². The van der Waals surface area contributed by atoms with Crippen molar-refractivity contribution in [2.75, 3.05) is 0 Å². The number of hydrogen-bond acceptors (Lipinski definition) is 3. The Balaban J connectivity index is 1.60. The van der Waals surface area contributed by atoms with E-state index in [1.165, 1.54) is 0 Å². The van der Waals surface area contributed by atoms with Crippen LogP contribution in [0.4, 0.5) is 13.2 Å². The summed E-state index contributed by atoms with van der Waals surface area (Å²) in [4.78, 5) is 15.1. The summed E-state index contributed by atoms with van der Waals surface area (Å²) in [5, 5.41) is 0.893. The Kier molecular flexibility index (Phi) is 4.77. The van der Waals surface area contributed by atoms with E-state index in [4.69, 9.17) is 11.6 Å². The molecule has 0 radical (unpaired) electrons. The van der Waals surface area contributed by atoms with E-state index in [1.54, 1.807) is 30.9 Å². The third-order valence-corrected chi connectivity index (χ3v) is 4.61. The molecule has 0 amide bonds. The number of nitrogens with zero attached hydrogens (tertiary/aromatic N) is 3. The maximum absolute atomic E-state index is 13.0. The lowest BCUT2D eigenvalue weighted by atomic mass is 10.0. The first-order chi connectivity index (χ1) is 13.4. The van der Waals surface area contributed by atoms with Crippen molar-refractivity contribution in [1.29, 1.82) is 0 Å². The van der Waals surface area contributed by atoms with Gasteiger partial charge >= 0.3 is 6.18 Å². The topological polar surface area (TPSA) is 54.5 Å². The summed E-state index contributed by atoms with van der Waals surface area (Å²) >= 11 is 5.80. The lowest BCUT2D eigenvalue weighted by Gasteiger charge is -2.07. The highest BCUT2D eigenvalue weighted by molar-refractivity contribution is 6.29. The number of alkyl halides is 3. The monoisotopic (exact) mass is 402 g/mol. The first-order valence-electron chi connectivity index (χ1n) is 8.45. The summed E-state index contributed by atoms with van der Waals surface area (Å²) in [6, 6.07) is 6.74. The van der Waals surface area contributed by atoms with Crippen LogP contribution in [0.2, 0.25) is 5.15 Å². The highest BCUT2D eigenvalue weighted by Gasteiger charge is 2.31. The van der Waals surface area contributed by atoms with E-state index >= 15 is 0 Å². The molecule has 0 aromatic carbocycles. The van der Waals surface area contributed by atoms with Crippen molar-refractivity contribution < 1.29 is 13.2 Å². The molecule has 0 aliphatic heterocycles. The van der Waals surface area contributed by atoms with Gasteiger partial charge in [0, 0.05) is 49.2 Å². The predicted molar refractivity (Wildman–Crippen MR) is 100 cm³/mol. The molecular weight excluding hydrogens is 389 g/mol. The van der Waals surface area contributed by atoms with Gasteiger partial charge in [0.2, 0.25) is 0 Å². The third-order valence-electron chi connectivity index (χ3n) is 4.39. The van der Waals surface area contributed by atoms with Gasteiger partial charge in [0.15, 0.2) is 0 Å². The number of pyridine rings is 3. The van der Waals surface area contributed by atoms with Crippen molar-refractivity contribution in [3.8, 4) is 0 Å². The Labute approximate surface area is 163 Å². The molecule has 4 aromatic heterocycles. The summed E-state index contributed by atoms with van der Waals surface area (Å²) in [5.74, 6) is 0. The highest BCUT2D eigenvalue weighted by Crippen LogP contribution is 2.31. The molecule has 0 fully saturated rings. The van der Waals surface area contributed by atoms with Crippen molar-refractivity contribution in [3.63, 3.8) is 0 Å². The van der Waals surface area contributed by atoms with Gasteiger partial charge in [-0.05, 0) is 34.4 Å². The quantitative estimate of drug-likeness (QED) is 0.477. The van der Waals surface area contributed by atoms with Crippen LogP contribution in [0.5, 0.6) is 0 Å². The van der Waals surface area contributed by atoms with Crippen LogP contribution in [0, 0.1) is 0 Å². The van der Waals surface area contributed by atoms with Gasteiger partial charge in [-0.1, -0.05) is 23.7 Å². The molecule has 0 saturated carbocycles. The van der Waals surface area contributed by atoms with Gasteiger partial charge in [-0.3, -0.25) is 4.98 Å². The molecule has 0 saturated heterocycles. The normalized spacial score (nSPS) is 11.9. The smallest absolute Gasteiger partial charge is 0.346 e. The van der Waals surface area contributed by atoms with E-state index in [0.29, 0.717) is 29.0 Å². The van der Waals surface area contributed by atoms with Gasteiger partial charge in [-0.25, -0.2) is 9.97 Å². The van der Waals surface area contributed by atoms with Gasteiger partial charge in [0.25, 0.3) is 0 Å². The van der Waals surface area contributed by atoms with Crippen LogP contribution in [0.1, 0.15) is 27.8 Å². The standard InChI is InChI=1S/C20H14ClF3N4/c21-18-2-1-12(9-26-18)3-13-4-14(8-25-7-13)5-15-10-27-19-17(15)6-16(11-28-19)20(22,23)24/h1-2,4,6-11H,3,5H2,(H,27,28). The molecule has 0 atom stereocenters. The van der Waals surface area contributed by atoms with Crippen molar-refractivity contribution >= 4 is 22.6 Å². The number of rotatable bonds is 4. The molecule has 1 N–H and O–H groups in total. The molecule has 4 nitrogen and oxygen atoms in total. The molecule has 142 valence electrons. The van der Waals surface area contributed by atoms with E-state index in [0.717, 1.165) is 34.5 Å². The molecule has 0 aliphatic carbocycles. The summed E-state index contributed by atoms with van der Waals surface area (Å²) in [6.07, 6.45) is 4.36. The first-order valence-corrected chi connectivity index (χ1v) is 8.83. The van der Waals surface area contributed by atoms with Crippen LogP contribution in [-0.2, 0) is 19.0 Å². The largest absolute Gasteiger partial charge is 0.417 e. The number of fused-ring (bicyclic) bond motifs is 1. The Morgan fingerprint density at radius 3 is 2.39 bits per heavy atom. The average molecular weight is 403 g/mol. The molecular formula is C20H14ClF3N4. The van der Waals surface area contributed by atoms with Crippen LogP contribution >= 0.6 is 11.6 Å². The molecule has 4 heterocycles. The molecule has 0 bridgehead atoms. The molecule has 0 aliphatic rings. The van der Waals surface area contributed by atoms with Gasteiger partial charge in [-0.15, -0.1) is 0 Å². The number of hydrogen-bond donors (Lipinski definition) is 1. The van der Waals surface area contributed by atoms with Gasteiger partial charge in [0.05, 0.1) is 5.56 Å². The van der Waals surface area contributed by atoms with Crippen LogP contribution in [0.3, 0.4) is 0 Å². The fourth-order valence-electron chi connectivity index (χ4n) is 3.06. The number of H-pyrrole nitrogens is 1.